The highest BCUT2D eigenvalue weighted by atomic mass is 16.2. The summed E-state index contributed by atoms with van der Waals surface area (Å²) in [6, 6.07) is 0.683. The van der Waals surface area contributed by atoms with Gasteiger partial charge >= 0.3 is 0 Å². The molecule has 1 amide bonds. The van der Waals surface area contributed by atoms with Crippen LogP contribution in [0.5, 0.6) is 0 Å². The molecular weight excluding hydrogens is 188 g/mol. The first kappa shape index (κ1) is 10.9. The lowest BCUT2D eigenvalue weighted by Crippen LogP contribution is -2.65. The van der Waals surface area contributed by atoms with Crippen molar-refractivity contribution in [3.05, 3.63) is 0 Å². The van der Waals surface area contributed by atoms with E-state index < -0.39 is 0 Å². The highest BCUT2D eigenvalue weighted by molar-refractivity contribution is 5.83. The van der Waals surface area contributed by atoms with Crippen molar-refractivity contribution in [2.24, 2.45) is 5.41 Å². The summed E-state index contributed by atoms with van der Waals surface area (Å²) in [5.41, 5.74) is 0.349. The van der Waals surface area contributed by atoms with Gasteiger partial charge < -0.3 is 4.90 Å². The van der Waals surface area contributed by atoms with E-state index in [0.717, 1.165) is 26.1 Å². The van der Waals surface area contributed by atoms with Crippen LogP contribution in [0.3, 0.4) is 0 Å². The second-order valence-electron chi connectivity index (χ2n) is 5.99. The summed E-state index contributed by atoms with van der Waals surface area (Å²) in [7, 11) is 0. The first-order chi connectivity index (χ1) is 6.91. The van der Waals surface area contributed by atoms with Crippen LogP contribution in [0.4, 0.5) is 0 Å². The fraction of sp³-hybridized carbons (Fsp3) is 0.917. The van der Waals surface area contributed by atoms with Crippen molar-refractivity contribution < 1.29 is 4.79 Å². The largest absolute Gasteiger partial charge is 0.340 e. The van der Waals surface area contributed by atoms with Gasteiger partial charge in [0.2, 0.25) is 5.91 Å². The zero-order valence-electron chi connectivity index (χ0n) is 10.3. The van der Waals surface area contributed by atoms with Crippen molar-refractivity contribution in [3.63, 3.8) is 0 Å². The van der Waals surface area contributed by atoms with Crippen LogP contribution >= 0.6 is 0 Å². The maximum atomic E-state index is 12.1. The molecular formula is C12H22N2O. The number of carbonyl (C=O) groups is 1. The summed E-state index contributed by atoms with van der Waals surface area (Å²) < 4.78 is 0. The van der Waals surface area contributed by atoms with Crippen LogP contribution < -0.4 is 0 Å². The molecule has 3 heteroatoms. The Bertz CT molecular complexity index is 265. The number of likely N-dealkylation sites (tertiary alicyclic amines) is 2. The number of hydrogen-bond donors (Lipinski definition) is 0. The molecule has 1 atom stereocenters. The molecule has 0 aliphatic carbocycles. The molecule has 2 rings (SSSR count). The normalized spacial score (nSPS) is 29.9. The standard InChI is InChI=1S/C12H22N2O/c1-9(2)14-6-5-10(14)11(15)13-7-12(3,4)8-13/h9-10H,5-8H2,1-4H3/t10-/m0/s1. The number of amides is 1. The Morgan fingerprint density at radius 2 is 1.93 bits per heavy atom. The molecule has 86 valence electrons. The smallest absolute Gasteiger partial charge is 0.240 e. The molecule has 3 nitrogen and oxygen atoms in total. The summed E-state index contributed by atoms with van der Waals surface area (Å²) in [6.07, 6.45) is 1.05. The molecule has 0 saturated carbocycles. The molecule has 15 heavy (non-hydrogen) atoms. The molecule has 0 aromatic rings. The Morgan fingerprint density at radius 1 is 1.33 bits per heavy atom. The quantitative estimate of drug-likeness (QED) is 0.686. The first-order valence-corrected chi connectivity index (χ1v) is 5.95. The first-order valence-electron chi connectivity index (χ1n) is 5.95. The molecule has 0 aromatic heterocycles. The van der Waals surface area contributed by atoms with E-state index in [1.807, 2.05) is 4.90 Å². The van der Waals surface area contributed by atoms with E-state index in [9.17, 15) is 4.79 Å². The Labute approximate surface area is 92.4 Å². The van der Waals surface area contributed by atoms with E-state index in [0.29, 0.717) is 17.4 Å². The van der Waals surface area contributed by atoms with Crippen LogP contribution in [0, 0.1) is 5.41 Å². The van der Waals surface area contributed by atoms with Crippen molar-refractivity contribution in [1.82, 2.24) is 9.80 Å². The van der Waals surface area contributed by atoms with E-state index in [1.54, 1.807) is 0 Å². The molecule has 0 spiro atoms. The number of rotatable bonds is 2. The molecule has 0 radical (unpaired) electrons. The van der Waals surface area contributed by atoms with E-state index in [-0.39, 0.29) is 6.04 Å². The van der Waals surface area contributed by atoms with Crippen LogP contribution in [-0.2, 0) is 4.79 Å². The van der Waals surface area contributed by atoms with Gasteiger partial charge in [-0.15, -0.1) is 0 Å². The average molecular weight is 210 g/mol. The number of hydrogen-bond acceptors (Lipinski definition) is 2. The highest BCUT2D eigenvalue weighted by Gasteiger charge is 2.44. The van der Waals surface area contributed by atoms with Crippen LogP contribution in [0.15, 0.2) is 0 Å². The van der Waals surface area contributed by atoms with E-state index in [4.69, 9.17) is 0 Å². The van der Waals surface area contributed by atoms with Crippen LogP contribution in [-0.4, -0.2) is 47.4 Å². The van der Waals surface area contributed by atoms with Crippen LogP contribution in [0.1, 0.15) is 34.1 Å². The lowest BCUT2D eigenvalue weighted by molar-refractivity contribution is -0.153. The van der Waals surface area contributed by atoms with E-state index in [1.165, 1.54) is 0 Å². The Kier molecular flexibility index (Phi) is 2.53. The van der Waals surface area contributed by atoms with Gasteiger partial charge in [0.25, 0.3) is 0 Å². The van der Waals surface area contributed by atoms with Crippen molar-refractivity contribution >= 4 is 5.91 Å². The van der Waals surface area contributed by atoms with Crippen LogP contribution in [0.25, 0.3) is 0 Å². The number of carbonyl (C=O) groups excluding carboxylic acids is 1. The summed E-state index contributed by atoms with van der Waals surface area (Å²) >= 11 is 0. The minimum atomic E-state index is 0.182. The van der Waals surface area contributed by atoms with Gasteiger partial charge in [-0.2, -0.15) is 0 Å². The van der Waals surface area contributed by atoms with Gasteiger partial charge in [-0.1, -0.05) is 13.8 Å². The summed E-state index contributed by atoms with van der Waals surface area (Å²) in [6.45, 7) is 11.7. The van der Waals surface area contributed by atoms with Crippen molar-refractivity contribution in [2.75, 3.05) is 19.6 Å². The van der Waals surface area contributed by atoms with Crippen molar-refractivity contribution in [1.29, 1.82) is 0 Å². The predicted molar refractivity (Wildman–Crippen MR) is 60.6 cm³/mol. The minimum absolute atomic E-state index is 0.182. The van der Waals surface area contributed by atoms with Gasteiger partial charge in [0, 0.05) is 25.7 Å². The lowest BCUT2D eigenvalue weighted by Gasteiger charge is -2.51. The molecule has 2 fully saturated rings. The third kappa shape index (κ3) is 1.89. The lowest BCUT2D eigenvalue weighted by atomic mass is 9.83. The summed E-state index contributed by atoms with van der Waals surface area (Å²) in [5.74, 6) is 0.356. The van der Waals surface area contributed by atoms with Gasteiger partial charge in [0.05, 0.1) is 6.04 Å². The third-order valence-corrected chi connectivity index (χ3v) is 3.56. The molecule has 2 saturated heterocycles. The Balaban J connectivity index is 1.88. The fourth-order valence-corrected chi connectivity index (χ4v) is 2.64. The number of nitrogens with zero attached hydrogens (tertiary/aromatic N) is 2. The summed E-state index contributed by atoms with van der Waals surface area (Å²) in [5, 5.41) is 0. The molecule has 0 N–H and O–H groups in total. The maximum absolute atomic E-state index is 12.1. The van der Waals surface area contributed by atoms with Gasteiger partial charge in [-0.3, -0.25) is 9.69 Å². The summed E-state index contributed by atoms with van der Waals surface area (Å²) in [4.78, 5) is 16.4. The Hall–Kier alpha value is -0.570. The topological polar surface area (TPSA) is 23.6 Å². The molecule has 2 heterocycles. The molecule has 2 aliphatic rings. The molecule has 0 unspecified atom stereocenters. The maximum Gasteiger partial charge on any atom is 0.240 e. The predicted octanol–water partition coefficient (Wildman–Crippen LogP) is 1.34. The fourth-order valence-electron chi connectivity index (χ4n) is 2.64. The molecule has 0 aromatic carbocycles. The highest BCUT2D eigenvalue weighted by Crippen LogP contribution is 2.32. The monoisotopic (exact) mass is 210 g/mol. The second kappa shape index (κ2) is 3.48. The van der Waals surface area contributed by atoms with Crippen molar-refractivity contribution in [2.45, 2.75) is 46.2 Å². The third-order valence-electron chi connectivity index (χ3n) is 3.56. The molecule has 0 bridgehead atoms. The Morgan fingerprint density at radius 3 is 2.27 bits per heavy atom. The van der Waals surface area contributed by atoms with Crippen molar-refractivity contribution in [3.8, 4) is 0 Å². The van der Waals surface area contributed by atoms with Gasteiger partial charge in [0.15, 0.2) is 0 Å². The van der Waals surface area contributed by atoms with E-state index in [2.05, 4.69) is 32.6 Å². The van der Waals surface area contributed by atoms with Crippen LogP contribution in [0.2, 0.25) is 0 Å². The zero-order valence-corrected chi connectivity index (χ0v) is 10.3. The molecule has 2 aliphatic heterocycles. The van der Waals surface area contributed by atoms with Gasteiger partial charge in [-0.05, 0) is 25.7 Å². The SMILES string of the molecule is CC(C)N1CC[C@H]1C(=O)N1CC(C)(C)C1. The zero-order chi connectivity index (χ0) is 11.2. The van der Waals surface area contributed by atoms with Gasteiger partial charge in [0.1, 0.15) is 0 Å². The second-order valence-corrected chi connectivity index (χ2v) is 5.99. The van der Waals surface area contributed by atoms with E-state index >= 15 is 0 Å². The average Bonchev–Trinajstić information content (AvgIpc) is 1.96. The minimum Gasteiger partial charge on any atom is -0.340 e. The van der Waals surface area contributed by atoms with Gasteiger partial charge in [-0.25, -0.2) is 0 Å².